The van der Waals surface area contributed by atoms with Crippen LogP contribution in [0.15, 0.2) is 106 Å². The second-order valence-corrected chi connectivity index (χ2v) is 9.38. The summed E-state index contributed by atoms with van der Waals surface area (Å²) in [6, 6.07) is 28.5. The van der Waals surface area contributed by atoms with Crippen LogP contribution in [0, 0.1) is 0 Å². The van der Waals surface area contributed by atoms with Crippen LogP contribution in [-0.4, -0.2) is 13.0 Å². The molecule has 0 spiro atoms. The molecule has 0 aliphatic carbocycles. The lowest BCUT2D eigenvalue weighted by atomic mass is 9.98. The predicted molar refractivity (Wildman–Crippen MR) is 146 cm³/mol. The SMILES string of the molecule is COc1cccc(N2C(=O)c3oc4ccc(Cl)cc4c(=O)c3C2c2cccc(OCc3ccccc3)c2)c1. The second kappa shape index (κ2) is 9.72. The zero-order chi connectivity index (χ0) is 26.2. The standard InChI is InChI=1S/C31H22ClNO5/c1-36-23-11-6-10-22(17-23)33-28(20-9-5-12-24(15-20)37-18-19-7-3-2-4-8-19)27-29(34)25-16-21(32)13-14-26(25)38-30(27)31(33)35/h2-17,28H,18H2,1H3. The van der Waals surface area contributed by atoms with Crippen LogP contribution in [0.1, 0.15) is 33.3 Å². The minimum atomic E-state index is -0.746. The molecule has 1 aromatic heterocycles. The molecule has 0 saturated heterocycles. The van der Waals surface area contributed by atoms with Crippen LogP contribution in [-0.2, 0) is 6.61 Å². The quantitative estimate of drug-likeness (QED) is 0.245. The van der Waals surface area contributed by atoms with E-state index in [0.717, 1.165) is 5.56 Å². The van der Waals surface area contributed by atoms with E-state index in [1.807, 2.05) is 54.6 Å². The summed E-state index contributed by atoms with van der Waals surface area (Å²) in [7, 11) is 1.56. The van der Waals surface area contributed by atoms with E-state index in [9.17, 15) is 9.59 Å². The van der Waals surface area contributed by atoms with Crippen molar-refractivity contribution in [1.29, 1.82) is 0 Å². The average molecular weight is 524 g/mol. The molecule has 2 heterocycles. The maximum Gasteiger partial charge on any atom is 0.295 e. The number of rotatable bonds is 6. The zero-order valence-corrected chi connectivity index (χ0v) is 21.1. The first kappa shape index (κ1) is 23.8. The minimum absolute atomic E-state index is 0.00764. The van der Waals surface area contributed by atoms with Crippen LogP contribution in [0.3, 0.4) is 0 Å². The number of carbonyl (C=O) groups is 1. The maximum absolute atomic E-state index is 13.8. The first-order valence-corrected chi connectivity index (χ1v) is 12.4. The van der Waals surface area contributed by atoms with Gasteiger partial charge in [-0.2, -0.15) is 0 Å². The molecule has 1 aliphatic rings. The number of halogens is 1. The van der Waals surface area contributed by atoms with Gasteiger partial charge in [-0.15, -0.1) is 0 Å². The molecular formula is C31H22ClNO5. The first-order valence-electron chi connectivity index (χ1n) is 12.0. The summed E-state index contributed by atoms with van der Waals surface area (Å²) in [6.45, 7) is 0.384. The Kier molecular flexibility index (Phi) is 6.10. The Labute approximate surface area is 223 Å². The number of fused-ring (bicyclic) bond motifs is 2. The van der Waals surface area contributed by atoms with Crippen LogP contribution in [0.25, 0.3) is 11.0 Å². The number of anilines is 1. The fraction of sp³-hybridized carbons (Fsp3) is 0.0968. The van der Waals surface area contributed by atoms with Crippen molar-refractivity contribution in [3.8, 4) is 11.5 Å². The van der Waals surface area contributed by atoms with Gasteiger partial charge in [0.1, 0.15) is 23.7 Å². The van der Waals surface area contributed by atoms with Crippen LogP contribution in [0.5, 0.6) is 11.5 Å². The molecule has 1 atom stereocenters. The molecule has 38 heavy (non-hydrogen) atoms. The third-order valence-electron chi connectivity index (χ3n) is 6.59. The van der Waals surface area contributed by atoms with Crippen molar-refractivity contribution in [2.24, 2.45) is 0 Å². The fourth-order valence-electron chi connectivity index (χ4n) is 4.80. The van der Waals surface area contributed by atoms with E-state index < -0.39 is 11.9 Å². The normalized spacial score (nSPS) is 14.5. The summed E-state index contributed by atoms with van der Waals surface area (Å²) in [6.07, 6.45) is 0. The molecule has 6 nitrogen and oxygen atoms in total. The minimum Gasteiger partial charge on any atom is -0.497 e. The van der Waals surface area contributed by atoms with Gasteiger partial charge in [-0.25, -0.2) is 0 Å². The van der Waals surface area contributed by atoms with Crippen molar-refractivity contribution < 1.29 is 18.7 Å². The molecule has 1 amide bonds. The van der Waals surface area contributed by atoms with Gasteiger partial charge in [0, 0.05) is 16.8 Å². The topological polar surface area (TPSA) is 69.0 Å². The molecule has 6 rings (SSSR count). The molecule has 7 heteroatoms. The van der Waals surface area contributed by atoms with Crippen molar-refractivity contribution >= 4 is 34.2 Å². The van der Waals surface area contributed by atoms with Crippen molar-refractivity contribution in [1.82, 2.24) is 0 Å². The van der Waals surface area contributed by atoms with Gasteiger partial charge in [-0.1, -0.05) is 60.1 Å². The summed E-state index contributed by atoms with van der Waals surface area (Å²) < 4.78 is 17.5. The van der Waals surface area contributed by atoms with Gasteiger partial charge in [-0.3, -0.25) is 14.5 Å². The van der Waals surface area contributed by atoms with E-state index in [4.69, 9.17) is 25.5 Å². The van der Waals surface area contributed by atoms with Crippen LogP contribution in [0.4, 0.5) is 5.69 Å². The highest BCUT2D eigenvalue weighted by Gasteiger charge is 2.44. The summed E-state index contributed by atoms with van der Waals surface area (Å²) in [5.41, 5.74) is 2.57. The van der Waals surface area contributed by atoms with Gasteiger partial charge in [0.05, 0.1) is 24.1 Å². The molecule has 0 bridgehead atoms. The lowest BCUT2D eigenvalue weighted by Gasteiger charge is -2.26. The average Bonchev–Trinajstić information content (AvgIpc) is 3.25. The molecular weight excluding hydrogens is 502 g/mol. The van der Waals surface area contributed by atoms with Gasteiger partial charge in [0.15, 0.2) is 5.43 Å². The summed E-state index contributed by atoms with van der Waals surface area (Å²) in [5, 5.41) is 0.726. The predicted octanol–water partition coefficient (Wildman–Crippen LogP) is 6.78. The number of carbonyl (C=O) groups excluding carboxylic acids is 1. The highest BCUT2D eigenvalue weighted by Crippen LogP contribution is 2.42. The summed E-state index contributed by atoms with van der Waals surface area (Å²) in [5.74, 6) is 0.795. The smallest absolute Gasteiger partial charge is 0.295 e. The van der Waals surface area contributed by atoms with Crippen LogP contribution in [0.2, 0.25) is 5.02 Å². The van der Waals surface area contributed by atoms with E-state index in [0.29, 0.717) is 45.3 Å². The molecule has 1 aliphatic heterocycles. The molecule has 4 aromatic carbocycles. The number of methoxy groups -OCH3 is 1. The highest BCUT2D eigenvalue weighted by atomic mass is 35.5. The van der Waals surface area contributed by atoms with Crippen LogP contribution >= 0.6 is 11.6 Å². The van der Waals surface area contributed by atoms with Gasteiger partial charge >= 0.3 is 0 Å². The van der Waals surface area contributed by atoms with E-state index in [1.165, 1.54) is 0 Å². The number of hydrogen-bond acceptors (Lipinski definition) is 5. The van der Waals surface area contributed by atoms with Gasteiger partial charge < -0.3 is 13.9 Å². The highest BCUT2D eigenvalue weighted by molar-refractivity contribution is 6.31. The van der Waals surface area contributed by atoms with Crippen molar-refractivity contribution in [2.45, 2.75) is 12.6 Å². The Morgan fingerprint density at radius 3 is 2.47 bits per heavy atom. The molecule has 0 fully saturated rings. The number of ether oxygens (including phenoxy) is 2. The third-order valence-corrected chi connectivity index (χ3v) is 6.82. The fourth-order valence-corrected chi connectivity index (χ4v) is 4.97. The number of amides is 1. The molecule has 1 unspecified atom stereocenters. The van der Waals surface area contributed by atoms with E-state index in [-0.39, 0.29) is 16.8 Å². The first-order chi connectivity index (χ1) is 18.5. The van der Waals surface area contributed by atoms with Crippen molar-refractivity contribution in [3.63, 3.8) is 0 Å². The molecule has 0 radical (unpaired) electrons. The van der Waals surface area contributed by atoms with Crippen LogP contribution < -0.4 is 19.8 Å². The summed E-state index contributed by atoms with van der Waals surface area (Å²) in [4.78, 5) is 29.2. The Morgan fingerprint density at radius 2 is 1.66 bits per heavy atom. The second-order valence-electron chi connectivity index (χ2n) is 8.94. The largest absolute Gasteiger partial charge is 0.497 e. The number of nitrogens with zero attached hydrogens (tertiary/aromatic N) is 1. The molecule has 0 saturated carbocycles. The Hall–Kier alpha value is -4.55. The Bertz CT molecular complexity index is 1730. The maximum atomic E-state index is 13.8. The zero-order valence-electron chi connectivity index (χ0n) is 20.4. The third kappa shape index (κ3) is 4.19. The number of benzene rings is 4. The lowest BCUT2D eigenvalue weighted by Crippen LogP contribution is -2.29. The monoisotopic (exact) mass is 523 g/mol. The summed E-state index contributed by atoms with van der Waals surface area (Å²) >= 11 is 6.20. The Morgan fingerprint density at radius 1 is 0.868 bits per heavy atom. The van der Waals surface area contributed by atoms with Crippen molar-refractivity contribution in [2.75, 3.05) is 12.0 Å². The molecule has 0 N–H and O–H groups in total. The lowest BCUT2D eigenvalue weighted by molar-refractivity contribution is 0.0971. The Balaban J connectivity index is 1.50. The van der Waals surface area contributed by atoms with Gasteiger partial charge in [0.2, 0.25) is 5.76 Å². The van der Waals surface area contributed by atoms with Gasteiger partial charge in [0.25, 0.3) is 5.91 Å². The van der Waals surface area contributed by atoms with Gasteiger partial charge in [-0.05, 0) is 53.6 Å². The number of hydrogen-bond donors (Lipinski definition) is 0. The van der Waals surface area contributed by atoms with Crippen molar-refractivity contribution in [3.05, 3.63) is 135 Å². The molecule has 5 aromatic rings. The van der Waals surface area contributed by atoms with E-state index in [1.54, 1.807) is 54.5 Å². The van der Waals surface area contributed by atoms with E-state index in [2.05, 4.69) is 0 Å². The van der Waals surface area contributed by atoms with E-state index >= 15 is 0 Å². The molecule has 188 valence electrons.